The van der Waals surface area contributed by atoms with Crippen molar-refractivity contribution in [3.05, 3.63) is 65.4 Å². The predicted molar refractivity (Wildman–Crippen MR) is 141 cm³/mol. The number of nitrogens with two attached hydrogens (primary N) is 1. The van der Waals surface area contributed by atoms with Crippen molar-refractivity contribution in [2.24, 2.45) is 11.7 Å². The third kappa shape index (κ3) is 4.46. The van der Waals surface area contributed by atoms with Crippen LogP contribution in [-0.2, 0) is 11.3 Å². The van der Waals surface area contributed by atoms with Gasteiger partial charge in [-0.3, -0.25) is 4.79 Å². The fraction of sp³-hybridized carbons (Fsp3) is 0.333. The normalized spacial score (nSPS) is 16.5. The van der Waals surface area contributed by atoms with Crippen LogP contribution in [0.2, 0.25) is 0 Å². The van der Waals surface area contributed by atoms with Crippen LogP contribution >= 0.6 is 11.3 Å². The Balaban J connectivity index is 1.31. The molecule has 3 N–H and O–H groups in total. The van der Waals surface area contributed by atoms with Gasteiger partial charge >= 0.3 is 0 Å². The fourth-order valence-corrected chi connectivity index (χ4v) is 5.80. The first-order valence-electron chi connectivity index (χ1n) is 12.2. The molecule has 4 heterocycles. The number of carbonyl (C=O) groups is 1. The van der Waals surface area contributed by atoms with E-state index in [1.54, 1.807) is 11.3 Å². The summed E-state index contributed by atoms with van der Waals surface area (Å²) >= 11 is 1.68. The number of nitrogens with zero attached hydrogens (tertiary/aromatic N) is 4. The van der Waals surface area contributed by atoms with Crippen molar-refractivity contribution >= 4 is 39.1 Å². The number of rotatable bonds is 7. The summed E-state index contributed by atoms with van der Waals surface area (Å²) in [6.07, 6.45) is 5.70. The quantitative estimate of drug-likeness (QED) is 0.385. The lowest BCUT2D eigenvalue weighted by atomic mass is 9.96. The minimum atomic E-state index is -0.197. The molecule has 2 aliphatic rings. The summed E-state index contributed by atoms with van der Waals surface area (Å²) in [5, 5.41) is 6.92. The molecule has 1 aromatic carbocycles. The number of hydrogen-bond donors (Lipinski definition) is 2. The maximum atomic E-state index is 11.6. The average Bonchev–Trinajstić information content (AvgIpc) is 3.67. The Morgan fingerprint density at radius 1 is 1.06 bits per heavy atom. The van der Waals surface area contributed by atoms with Gasteiger partial charge in [0, 0.05) is 54.2 Å². The monoisotopic (exact) mass is 484 g/mol. The fourth-order valence-electron chi connectivity index (χ4n) is 4.85. The molecule has 7 nitrogen and oxygen atoms in total. The molecule has 0 radical (unpaired) electrons. The lowest BCUT2D eigenvalue weighted by Crippen LogP contribution is -2.39. The molecule has 35 heavy (non-hydrogen) atoms. The van der Waals surface area contributed by atoms with Crippen LogP contribution in [0.1, 0.15) is 43.0 Å². The van der Waals surface area contributed by atoms with Crippen molar-refractivity contribution in [3.8, 4) is 11.1 Å². The van der Waals surface area contributed by atoms with Crippen molar-refractivity contribution in [3.63, 3.8) is 0 Å². The van der Waals surface area contributed by atoms with Gasteiger partial charge in [-0.1, -0.05) is 36.4 Å². The van der Waals surface area contributed by atoms with E-state index in [9.17, 15) is 4.79 Å². The van der Waals surface area contributed by atoms with E-state index in [-0.39, 0.29) is 11.8 Å². The molecule has 0 atom stereocenters. The molecule has 6 rings (SSSR count). The van der Waals surface area contributed by atoms with Crippen LogP contribution in [0.5, 0.6) is 0 Å². The largest absolute Gasteiger partial charge is 0.369 e. The summed E-state index contributed by atoms with van der Waals surface area (Å²) in [4.78, 5) is 29.5. The number of thiophene rings is 1. The van der Waals surface area contributed by atoms with Crippen LogP contribution in [0.15, 0.2) is 54.0 Å². The number of amides is 1. The van der Waals surface area contributed by atoms with E-state index in [0.717, 1.165) is 77.6 Å². The van der Waals surface area contributed by atoms with Crippen LogP contribution in [-0.4, -0.2) is 33.9 Å². The van der Waals surface area contributed by atoms with E-state index in [1.807, 2.05) is 18.3 Å². The van der Waals surface area contributed by atoms with E-state index in [4.69, 9.17) is 20.7 Å². The molecule has 0 bridgehead atoms. The summed E-state index contributed by atoms with van der Waals surface area (Å²) in [5.74, 6) is 3.03. The van der Waals surface area contributed by atoms with Gasteiger partial charge in [-0.2, -0.15) is 0 Å². The summed E-state index contributed by atoms with van der Waals surface area (Å²) in [6, 6.07) is 14.5. The molecular weight excluding hydrogens is 456 g/mol. The van der Waals surface area contributed by atoms with Gasteiger partial charge in [0.05, 0.1) is 5.39 Å². The van der Waals surface area contributed by atoms with Gasteiger partial charge in [-0.05, 0) is 37.3 Å². The van der Waals surface area contributed by atoms with Crippen LogP contribution in [0, 0.1) is 5.92 Å². The Hall–Kier alpha value is -3.52. The number of anilines is 2. The first-order chi connectivity index (χ1) is 17.2. The van der Waals surface area contributed by atoms with Gasteiger partial charge in [0.25, 0.3) is 0 Å². The summed E-state index contributed by atoms with van der Waals surface area (Å²) in [7, 11) is 0. The second-order valence-electron chi connectivity index (χ2n) is 9.40. The first-order valence-corrected chi connectivity index (χ1v) is 13.1. The number of benzene rings is 1. The van der Waals surface area contributed by atoms with Gasteiger partial charge in [0.1, 0.15) is 22.3 Å². The van der Waals surface area contributed by atoms with Crippen LogP contribution < -0.4 is 16.0 Å². The molecule has 1 saturated heterocycles. The average molecular weight is 485 g/mol. The highest BCUT2D eigenvalue weighted by Crippen LogP contribution is 2.42. The molecule has 1 amide bonds. The molecule has 8 heteroatoms. The summed E-state index contributed by atoms with van der Waals surface area (Å²) in [6.45, 7) is 2.17. The number of piperidine rings is 1. The molecule has 0 spiro atoms. The molecule has 1 aliphatic heterocycles. The number of carbonyl (C=O) groups excluding carboxylic acids is 1. The van der Waals surface area contributed by atoms with E-state index in [0.29, 0.717) is 12.5 Å². The Morgan fingerprint density at radius 2 is 1.86 bits per heavy atom. The minimum Gasteiger partial charge on any atom is -0.369 e. The topological polar surface area (TPSA) is 97.0 Å². The summed E-state index contributed by atoms with van der Waals surface area (Å²) in [5.41, 5.74) is 8.97. The van der Waals surface area contributed by atoms with Crippen LogP contribution in [0.4, 0.5) is 11.6 Å². The van der Waals surface area contributed by atoms with E-state index >= 15 is 0 Å². The highest BCUT2D eigenvalue weighted by atomic mass is 32.1. The smallest absolute Gasteiger partial charge is 0.220 e. The highest BCUT2D eigenvalue weighted by molar-refractivity contribution is 7.17. The zero-order valence-electron chi connectivity index (χ0n) is 19.5. The van der Waals surface area contributed by atoms with Gasteiger partial charge in [0.15, 0.2) is 0 Å². The predicted octanol–water partition coefficient (Wildman–Crippen LogP) is 4.94. The van der Waals surface area contributed by atoms with Gasteiger partial charge in [-0.15, -0.1) is 11.3 Å². The molecule has 2 fully saturated rings. The molecule has 3 aromatic heterocycles. The maximum absolute atomic E-state index is 11.6. The second-order valence-corrected chi connectivity index (χ2v) is 10.3. The van der Waals surface area contributed by atoms with Crippen LogP contribution in [0.25, 0.3) is 21.3 Å². The van der Waals surface area contributed by atoms with E-state index < -0.39 is 0 Å². The molecule has 1 aliphatic carbocycles. The molecule has 178 valence electrons. The van der Waals surface area contributed by atoms with Gasteiger partial charge < -0.3 is 16.0 Å². The third-order valence-corrected chi connectivity index (χ3v) is 7.86. The number of nitrogens with one attached hydrogen (secondary N) is 1. The standard InChI is InChI=1S/C27H28N6OS/c28-23(34)18-10-13-33(14-11-18)26-20(7-4-12-29-26)15-30-25-22-21(17-5-2-1-3-6-17)16-35-27(22)32-24(31-25)19-8-9-19/h1-7,12,16,18-19H,8-11,13-15H2,(H2,28,34)(H,30,31,32). The SMILES string of the molecule is NC(=O)C1CCN(c2ncccc2CNc2nc(C3CC3)nc3scc(-c4ccccc4)c23)CC1. The van der Waals surface area contributed by atoms with Crippen molar-refractivity contribution in [2.45, 2.75) is 38.1 Å². The number of pyridine rings is 1. The Kier molecular flexibility index (Phi) is 5.82. The van der Waals surface area contributed by atoms with E-state index in [2.05, 4.69) is 45.9 Å². The van der Waals surface area contributed by atoms with Crippen molar-refractivity contribution in [1.29, 1.82) is 0 Å². The second kappa shape index (κ2) is 9.26. The number of hydrogen-bond acceptors (Lipinski definition) is 7. The third-order valence-electron chi connectivity index (χ3n) is 6.99. The molecule has 0 unspecified atom stereocenters. The Bertz CT molecular complexity index is 1360. The number of primary amides is 1. The van der Waals surface area contributed by atoms with E-state index in [1.165, 1.54) is 5.56 Å². The Morgan fingerprint density at radius 3 is 2.60 bits per heavy atom. The maximum Gasteiger partial charge on any atom is 0.220 e. The minimum absolute atomic E-state index is 0.0401. The lowest BCUT2D eigenvalue weighted by Gasteiger charge is -2.32. The van der Waals surface area contributed by atoms with Crippen molar-refractivity contribution in [2.75, 3.05) is 23.3 Å². The van der Waals surface area contributed by atoms with Crippen molar-refractivity contribution in [1.82, 2.24) is 15.0 Å². The van der Waals surface area contributed by atoms with Crippen molar-refractivity contribution < 1.29 is 4.79 Å². The van der Waals surface area contributed by atoms with Gasteiger partial charge in [0.2, 0.25) is 5.91 Å². The highest BCUT2D eigenvalue weighted by Gasteiger charge is 2.29. The number of fused-ring (bicyclic) bond motifs is 1. The van der Waals surface area contributed by atoms with Crippen LogP contribution in [0.3, 0.4) is 0 Å². The zero-order chi connectivity index (χ0) is 23.8. The lowest BCUT2D eigenvalue weighted by molar-refractivity contribution is -0.122. The zero-order valence-corrected chi connectivity index (χ0v) is 20.3. The molecule has 4 aromatic rings. The molecule has 1 saturated carbocycles. The summed E-state index contributed by atoms with van der Waals surface area (Å²) < 4.78 is 0. The molecular formula is C27H28N6OS. The first kappa shape index (κ1) is 22.0. The Labute approximate surface area is 208 Å². The number of aromatic nitrogens is 3. The van der Waals surface area contributed by atoms with Gasteiger partial charge in [-0.25, -0.2) is 15.0 Å².